The van der Waals surface area contributed by atoms with Crippen LogP contribution in [-0.4, -0.2) is 16.8 Å². The zero-order valence-corrected chi connectivity index (χ0v) is 11.3. The Kier molecular flexibility index (Phi) is 2.69. The molecule has 0 N–H and O–H groups in total. The molecule has 0 radical (unpaired) electrons. The summed E-state index contributed by atoms with van der Waals surface area (Å²) in [7, 11) is 0. The number of hydrogen-bond donors (Lipinski definition) is 0. The van der Waals surface area contributed by atoms with E-state index in [0.29, 0.717) is 6.04 Å². The third-order valence-corrected chi connectivity index (χ3v) is 4.58. The van der Waals surface area contributed by atoms with Gasteiger partial charge >= 0.3 is 0 Å². The predicted molar refractivity (Wildman–Crippen MR) is 72.5 cm³/mol. The highest BCUT2D eigenvalue weighted by molar-refractivity contribution is 6.00. The van der Waals surface area contributed by atoms with Crippen molar-refractivity contribution in [2.24, 2.45) is 0 Å². The zero-order chi connectivity index (χ0) is 12.8. The van der Waals surface area contributed by atoms with Crippen molar-refractivity contribution in [2.45, 2.75) is 57.5 Å². The van der Waals surface area contributed by atoms with Crippen molar-refractivity contribution in [3.05, 3.63) is 35.4 Å². The van der Waals surface area contributed by atoms with Gasteiger partial charge in [0.1, 0.15) is 0 Å². The van der Waals surface area contributed by atoms with Crippen molar-refractivity contribution in [2.75, 3.05) is 0 Å². The molecule has 0 bridgehead atoms. The largest absolute Gasteiger partial charge is 0.326 e. The van der Waals surface area contributed by atoms with E-state index in [4.69, 9.17) is 0 Å². The number of carbonyl (C=O) groups is 1. The number of nitrogens with zero attached hydrogens (tertiary/aromatic N) is 1. The van der Waals surface area contributed by atoms with Crippen molar-refractivity contribution < 1.29 is 4.79 Å². The second kappa shape index (κ2) is 4.11. The van der Waals surface area contributed by atoms with Crippen LogP contribution in [0.5, 0.6) is 0 Å². The summed E-state index contributed by atoms with van der Waals surface area (Å²) >= 11 is 0. The molecule has 1 saturated carbocycles. The smallest absolute Gasteiger partial charge is 0.255 e. The van der Waals surface area contributed by atoms with Crippen molar-refractivity contribution in [1.82, 2.24) is 4.90 Å². The minimum absolute atomic E-state index is 0.143. The monoisotopic (exact) mass is 243 g/mol. The van der Waals surface area contributed by atoms with Crippen LogP contribution in [0, 0.1) is 0 Å². The lowest BCUT2D eigenvalue weighted by atomic mass is 9.89. The van der Waals surface area contributed by atoms with Crippen LogP contribution >= 0.6 is 0 Å². The SMILES string of the molecule is CC1(C)c2ccccc2C(=O)N1C1CCCCC1. The molecule has 1 fully saturated rings. The Bertz CT molecular complexity index is 472. The van der Waals surface area contributed by atoms with Crippen LogP contribution in [0.3, 0.4) is 0 Å². The number of fused-ring (bicyclic) bond motifs is 1. The molecule has 0 spiro atoms. The fraction of sp³-hybridized carbons (Fsp3) is 0.562. The van der Waals surface area contributed by atoms with E-state index in [1.807, 2.05) is 18.2 Å². The van der Waals surface area contributed by atoms with Crippen LogP contribution in [-0.2, 0) is 5.54 Å². The van der Waals surface area contributed by atoms with Gasteiger partial charge in [0, 0.05) is 11.6 Å². The highest BCUT2D eigenvalue weighted by atomic mass is 16.2. The van der Waals surface area contributed by atoms with Crippen molar-refractivity contribution in [3.63, 3.8) is 0 Å². The molecule has 96 valence electrons. The topological polar surface area (TPSA) is 20.3 Å². The maximum atomic E-state index is 12.6. The first-order valence-electron chi connectivity index (χ1n) is 7.05. The molecule has 0 unspecified atom stereocenters. The Labute approximate surface area is 109 Å². The van der Waals surface area contributed by atoms with Gasteiger partial charge < -0.3 is 4.90 Å². The first-order valence-corrected chi connectivity index (χ1v) is 7.05. The van der Waals surface area contributed by atoms with E-state index in [1.165, 1.54) is 37.7 Å². The van der Waals surface area contributed by atoms with E-state index < -0.39 is 0 Å². The molecule has 2 aliphatic rings. The van der Waals surface area contributed by atoms with Crippen molar-refractivity contribution in [3.8, 4) is 0 Å². The van der Waals surface area contributed by atoms with E-state index in [-0.39, 0.29) is 11.4 Å². The van der Waals surface area contributed by atoms with Gasteiger partial charge in [0.25, 0.3) is 5.91 Å². The van der Waals surface area contributed by atoms with Crippen LogP contribution in [0.15, 0.2) is 24.3 Å². The van der Waals surface area contributed by atoms with Gasteiger partial charge in [-0.15, -0.1) is 0 Å². The number of carbonyl (C=O) groups excluding carboxylic acids is 1. The molecule has 2 heteroatoms. The highest BCUT2D eigenvalue weighted by Gasteiger charge is 2.45. The quantitative estimate of drug-likeness (QED) is 0.736. The van der Waals surface area contributed by atoms with Gasteiger partial charge in [-0.1, -0.05) is 37.5 Å². The summed E-state index contributed by atoms with van der Waals surface area (Å²) in [6.45, 7) is 4.37. The molecule has 0 saturated heterocycles. The van der Waals surface area contributed by atoms with Gasteiger partial charge in [0.2, 0.25) is 0 Å². The Balaban J connectivity index is 2.00. The van der Waals surface area contributed by atoms with Crippen molar-refractivity contribution in [1.29, 1.82) is 0 Å². The maximum Gasteiger partial charge on any atom is 0.255 e. The van der Waals surface area contributed by atoms with Crippen LogP contribution in [0.25, 0.3) is 0 Å². The van der Waals surface area contributed by atoms with Crippen molar-refractivity contribution >= 4 is 5.91 Å². The number of rotatable bonds is 1. The van der Waals surface area contributed by atoms with E-state index in [0.717, 1.165) is 5.56 Å². The van der Waals surface area contributed by atoms with Crippen LogP contribution in [0.1, 0.15) is 61.9 Å². The fourth-order valence-corrected chi connectivity index (χ4v) is 3.68. The molecule has 1 heterocycles. The summed E-state index contributed by atoms with van der Waals surface area (Å²) in [6.07, 6.45) is 6.19. The molecular formula is C16H21NO. The van der Waals surface area contributed by atoms with Gasteiger partial charge in [-0.3, -0.25) is 4.79 Å². The first kappa shape index (κ1) is 11.8. The van der Waals surface area contributed by atoms with Gasteiger partial charge in [0.15, 0.2) is 0 Å². The van der Waals surface area contributed by atoms with Gasteiger partial charge in [-0.05, 0) is 38.3 Å². The average Bonchev–Trinajstić information content (AvgIpc) is 2.59. The lowest BCUT2D eigenvalue weighted by Crippen LogP contribution is -2.47. The second-order valence-electron chi connectivity index (χ2n) is 6.07. The third kappa shape index (κ3) is 1.58. The molecule has 0 atom stereocenters. The standard InChI is InChI=1S/C16H21NO/c1-16(2)14-11-7-6-10-13(14)15(18)17(16)12-8-4-3-5-9-12/h6-7,10-12H,3-5,8-9H2,1-2H3. The predicted octanol–water partition coefficient (Wildman–Crippen LogP) is 3.71. The molecule has 1 aliphatic carbocycles. The van der Waals surface area contributed by atoms with Gasteiger partial charge in [-0.25, -0.2) is 0 Å². The highest BCUT2D eigenvalue weighted by Crippen LogP contribution is 2.42. The lowest BCUT2D eigenvalue weighted by Gasteiger charge is -2.40. The van der Waals surface area contributed by atoms with Gasteiger partial charge in [0.05, 0.1) is 5.54 Å². The number of benzene rings is 1. The summed E-state index contributed by atoms with van der Waals surface area (Å²) in [5, 5.41) is 0. The summed E-state index contributed by atoms with van der Waals surface area (Å²) in [6, 6.07) is 8.53. The van der Waals surface area contributed by atoms with Crippen LogP contribution in [0.2, 0.25) is 0 Å². The molecule has 18 heavy (non-hydrogen) atoms. The minimum Gasteiger partial charge on any atom is -0.326 e. The van der Waals surface area contributed by atoms with E-state index in [9.17, 15) is 4.79 Å². The third-order valence-electron chi connectivity index (χ3n) is 4.58. The summed E-state index contributed by atoms with van der Waals surface area (Å²) in [5.41, 5.74) is 1.96. The summed E-state index contributed by atoms with van der Waals surface area (Å²) < 4.78 is 0. The van der Waals surface area contributed by atoms with E-state index in [2.05, 4.69) is 24.8 Å². The summed E-state index contributed by atoms with van der Waals surface area (Å²) in [5.74, 6) is 0.238. The Hall–Kier alpha value is -1.31. The minimum atomic E-state index is -0.143. The molecule has 1 aromatic rings. The normalized spacial score (nSPS) is 23.2. The molecule has 2 nitrogen and oxygen atoms in total. The van der Waals surface area contributed by atoms with Crippen LogP contribution < -0.4 is 0 Å². The number of amides is 1. The summed E-state index contributed by atoms with van der Waals surface area (Å²) in [4.78, 5) is 14.8. The Morgan fingerprint density at radius 2 is 1.78 bits per heavy atom. The molecule has 1 aromatic carbocycles. The molecule has 1 aliphatic heterocycles. The fourth-order valence-electron chi connectivity index (χ4n) is 3.68. The molecule has 0 aromatic heterocycles. The van der Waals surface area contributed by atoms with E-state index in [1.54, 1.807) is 0 Å². The first-order chi connectivity index (χ1) is 8.62. The van der Waals surface area contributed by atoms with Crippen LogP contribution in [0.4, 0.5) is 0 Å². The molecular weight excluding hydrogens is 222 g/mol. The van der Waals surface area contributed by atoms with E-state index >= 15 is 0 Å². The molecule has 1 amide bonds. The molecule has 3 rings (SSSR count). The van der Waals surface area contributed by atoms with Gasteiger partial charge in [-0.2, -0.15) is 0 Å². The number of hydrogen-bond acceptors (Lipinski definition) is 1. The maximum absolute atomic E-state index is 12.6. The lowest BCUT2D eigenvalue weighted by molar-refractivity contribution is 0.0399. The zero-order valence-electron chi connectivity index (χ0n) is 11.3. The average molecular weight is 243 g/mol. The Morgan fingerprint density at radius 3 is 2.44 bits per heavy atom. The second-order valence-corrected chi connectivity index (χ2v) is 6.07. The Morgan fingerprint density at radius 1 is 1.11 bits per heavy atom.